The minimum absolute atomic E-state index is 0.986. The van der Waals surface area contributed by atoms with E-state index in [0.717, 1.165) is 12.1 Å². The molecule has 0 aliphatic carbocycles. The van der Waals surface area contributed by atoms with Crippen LogP contribution in [0.5, 0.6) is 0 Å². The van der Waals surface area contributed by atoms with Gasteiger partial charge in [-0.05, 0) is 6.42 Å². The second kappa shape index (κ2) is 1.78. The van der Waals surface area contributed by atoms with E-state index < -0.39 is 0 Å². The highest BCUT2D eigenvalue weighted by atomic mass is 14.8. The number of H-pyrrole nitrogens is 1. The van der Waals surface area contributed by atoms with Crippen LogP contribution in [0.2, 0.25) is 0 Å². The molecule has 0 saturated heterocycles. The maximum atomic E-state index is 3.85. The van der Waals surface area contributed by atoms with Gasteiger partial charge in [0.2, 0.25) is 0 Å². The van der Waals surface area contributed by atoms with E-state index in [0.29, 0.717) is 0 Å². The van der Waals surface area contributed by atoms with Crippen molar-refractivity contribution >= 4 is 0 Å². The van der Waals surface area contributed by atoms with E-state index in [1.54, 1.807) is 0 Å². The Kier molecular flexibility index (Phi) is 1.11. The molecule has 1 aromatic heterocycles. The van der Waals surface area contributed by atoms with Crippen molar-refractivity contribution in [2.24, 2.45) is 0 Å². The summed E-state index contributed by atoms with van der Waals surface area (Å²) in [5.41, 5.74) is 1.07. The summed E-state index contributed by atoms with van der Waals surface area (Å²) in [6.07, 6.45) is 5.44. The molecule has 7 heavy (non-hydrogen) atoms. The lowest BCUT2D eigenvalue weighted by Crippen LogP contribution is -1.73. The summed E-state index contributed by atoms with van der Waals surface area (Å²) in [7, 11) is 0. The van der Waals surface area contributed by atoms with Gasteiger partial charge >= 0.3 is 0 Å². The van der Waals surface area contributed by atoms with Crippen molar-refractivity contribution < 1.29 is 0 Å². The molecule has 0 aliphatic rings. The first kappa shape index (κ1) is 4.37. The molecule has 0 aromatic carbocycles. The summed E-state index contributed by atoms with van der Waals surface area (Å²) in [6.45, 7) is 2.06. The molecule has 1 aromatic rings. The molecule has 0 fully saturated rings. The fourth-order valence-corrected chi connectivity index (χ4v) is 0.433. The lowest BCUT2D eigenvalue weighted by atomic mass is 10.4. The van der Waals surface area contributed by atoms with Crippen LogP contribution < -0.4 is 0 Å². The molecular formula is C5H7N2. The molecule has 1 radical (unpaired) electrons. The van der Waals surface area contributed by atoms with E-state index in [1.165, 1.54) is 0 Å². The Hall–Kier alpha value is -0.790. The summed E-state index contributed by atoms with van der Waals surface area (Å²) < 4.78 is 0. The van der Waals surface area contributed by atoms with Crippen LogP contribution in [0.4, 0.5) is 0 Å². The predicted molar refractivity (Wildman–Crippen MR) is 26.8 cm³/mol. The first-order valence-electron chi connectivity index (χ1n) is 2.34. The Morgan fingerprint density at radius 1 is 2.00 bits per heavy atom. The zero-order valence-electron chi connectivity index (χ0n) is 4.23. The number of rotatable bonds is 1. The van der Waals surface area contributed by atoms with E-state index in [-0.39, 0.29) is 0 Å². The van der Waals surface area contributed by atoms with Crippen molar-refractivity contribution in [3.8, 4) is 0 Å². The maximum absolute atomic E-state index is 3.85. The number of nitrogens with zero attached hydrogens (tertiary/aromatic N) is 1. The van der Waals surface area contributed by atoms with E-state index in [2.05, 4.69) is 23.2 Å². The summed E-state index contributed by atoms with van der Waals surface area (Å²) >= 11 is 0. The number of imidazole rings is 1. The molecule has 0 aliphatic heterocycles. The zero-order valence-corrected chi connectivity index (χ0v) is 4.23. The number of nitrogens with one attached hydrogen (secondary N) is 1. The number of hydrogen-bond donors (Lipinski definition) is 1. The zero-order chi connectivity index (χ0) is 5.11. The van der Waals surface area contributed by atoms with Gasteiger partial charge in [0.25, 0.3) is 0 Å². The van der Waals surface area contributed by atoms with Gasteiger partial charge in [-0.25, -0.2) is 4.98 Å². The molecular weight excluding hydrogens is 88.1 g/mol. The van der Waals surface area contributed by atoms with Crippen molar-refractivity contribution in [3.05, 3.63) is 18.2 Å². The first-order valence-corrected chi connectivity index (χ1v) is 2.34. The van der Waals surface area contributed by atoms with Gasteiger partial charge in [-0.2, -0.15) is 0 Å². The van der Waals surface area contributed by atoms with Crippen LogP contribution in [0, 0.1) is 6.33 Å². The van der Waals surface area contributed by atoms with E-state index in [4.69, 9.17) is 0 Å². The third kappa shape index (κ3) is 0.796. The van der Waals surface area contributed by atoms with E-state index in [1.807, 2.05) is 6.20 Å². The summed E-state index contributed by atoms with van der Waals surface area (Å²) in [5, 5.41) is 0. The van der Waals surface area contributed by atoms with Gasteiger partial charge in [0.1, 0.15) is 0 Å². The van der Waals surface area contributed by atoms with Crippen molar-refractivity contribution in [1.29, 1.82) is 0 Å². The first-order chi connectivity index (χ1) is 3.43. The van der Waals surface area contributed by atoms with Crippen LogP contribution in [0.3, 0.4) is 0 Å². The van der Waals surface area contributed by atoms with E-state index >= 15 is 0 Å². The van der Waals surface area contributed by atoms with E-state index in [9.17, 15) is 0 Å². The Morgan fingerprint density at radius 2 is 2.86 bits per heavy atom. The highest BCUT2D eigenvalue weighted by Crippen LogP contribution is 1.87. The molecule has 1 rings (SSSR count). The highest BCUT2D eigenvalue weighted by molar-refractivity contribution is 4.91. The lowest BCUT2D eigenvalue weighted by Gasteiger charge is -1.76. The lowest BCUT2D eigenvalue weighted by molar-refractivity contribution is 1.06. The van der Waals surface area contributed by atoms with Crippen LogP contribution in [0.15, 0.2) is 6.20 Å². The van der Waals surface area contributed by atoms with Crippen LogP contribution in [0.25, 0.3) is 0 Å². The number of aryl methyl sites for hydroxylation is 1. The third-order valence-electron chi connectivity index (χ3n) is 0.865. The topological polar surface area (TPSA) is 28.7 Å². The molecule has 1 heterocycles. The van der Waals surface area contributed by atoms with Gasteiger partial charge < -0.3 is 4.98 Å². The Balaban J connectivity index is 2.76. The Bertz CT molecular complexity index is 121. The minimum Gasteiger partial charge on any atom is -0.342 e. The predicted octanol–water partition coefficient (Wildman–Crippen LogP) is 0.772. The number of aromatic nitrogens is 2. The Labute approximate surface area is 42.6 Å². The highest BCUT2D eigenvalue weighted by Gasteiger charge is 1.84. The van der Waals surface area contributed by atoms with Gasteiger partial charge in [0, 0.05) is 6.20 Å². The molecule has 0 saturated carbocycles. The van der Waals surface area contributed by atoms with Crippen molar-refractivity contribution in [2.45, 2.75) is 13.3 Å². The fourth-order valence-electron chi connectivity index (χ4n) is 0.433. The molecule has 2 heteroatoms. The summed E-state index contributed by atoms with van der Waals surface area (Å²) in [4.78, 5) is 6.60. The Morgan fingerprint density at radius 3 is 3.14 bits per heavy atom. The number of aromatic amines is 1. The average molecular weight is 95.1 g/mol. The minimum atomic E-state index is 0.986. The molecule has 37 valence electrons. The molecule has 2 nitrogen and oxygen atoms in total. The van der Waals surface area contributed by atoms with Gasteiger partial charge in [-0.1, -0.05) is 6.92 Å². The fraction of sp³-hybridized carbons (Fsp3) is 0.400. The quantitative estimate of drug-likeness (QED) is 0.548. The molecule has 0 bridgehead atoms. The van der Waals surface area contributed by atoms with Gasteiger partial charge in [-0.3, -0.25) is 0 Å². The number of hydrogen-bond acceptors (Lipinski definition) is 1. The van der Waals surface area contributed by atoms with Gasteiger partial charge in [0.15, 0.2) is 6.33 Å². The van der Waals surface area contributed by atoms with Crippen LogP contribution in [-0.2, 0) is 6.42 Å². The van der Waals surface area contributed by atoms with Crippen molar-refractivity contribution in [1.82, 2.24) is 9.97 Å². The summed E-state index contributed by atoms with van der Waals surface area (Å²) in [6, 6.07) is 0. The standard InChI is InChI=1S/C5H7N2/c1-2-5-3-6-4-7-5/h3H,2H2,1H3,(H,6,7). The smallest absolute Gasteiger partial charge is 0.173 e. The van der Waals surface area contributed by atoms with Gasteiger partial charge in [0.05, 0.1) is 5.69 Å². The molecule has 0 spiro atoms. The van der Waals surface area contributed by atoms with Gasteiger partial charge in [-0.15, -0.1) is 0 Å². The normalized spacial score (nSPS) is 9.29. The second-order valence-electron chi connectivity index (χ2n) is 1.36. The molecule has 1 N–H and O–H groups in total. The SMILES string of the molecule is CCc1c[nH][c]n1. The molecule has 0 atom stereocenters. The monoisotopic (exact) mass is 95.1 g/mol. The molecule has 0 unspecified atom stereocenters. The van der Waals surface area contributed by atoms with Crippen LogP contribution in [-0.4, -0.2) is 9.97 Å². The third-order valence-corrected chi connectivity index (χ3v) is 0.865. The largest absolute Gasteiger partial charge is 0.342 e. The second-order valence-corrected chi connectivity index (χ2v) is 1.36. The van der Waals surface area contributed by atoms with Crippen LogP contribution >= 0.6 is 0 Å². The molecule has 0 amide bonds. The average Bonchev–Trinajstić information content (AvgIpc) is 2.14. The van der Waals surface area contributed by atoms with Crippen molar-refractivity contribution in [2.75, 3.05) is 0 Å². The maximum Gasteiger partial charge on any atom is 0.173 e. The van der Waals surface area contributed by atoms with Crippen molar-refractivity contribution in [3.63, 3.8) is 0 Å². The summed E-state index contributed by atoms with van der Waals surface area (Å²) in [5.74, 6) is 0. The van der Waals surface area contributed by atoms with Crippen LogP contribution in [0.1, 0.15) is 12.6 Å².